The van der Waals surface area contributed by atoms with Crippen molar-refractivity contribution in [2.24, 2.45) is 11.8 Å². The number of carboxylic acid groups (broad SMARTS) is 1. The molecule has 0 spiro atoms. The van der Waals surface area contributed by atoms with E-state index in [4.69, 9.17) is 10.5 Å². The number of nitrogens with zero attached hydrogens (tertiary/aromatic N) is 1. The van der Waals surface area contributed by atoms with Gasteiger partial charge < -0.3 is 41.8 Å². The Bertz CT molecular complexity index is 1760. The third-order valence-electron chi connectivity index (χ3n) is 8.33. The summed E-state index contributed by atoms with van der Waals surface area (Å²) >= 11 is 0. The molecule has 1 heterocycles. The summed E-state index contributed by atoms with van der Waals surface area (Å²) in [6.45, 7) is 7.45. The van der Waals surface area contributed by atoms with Gasteiger partial charge in [-0.25, -0.2) is 14.6 Å². The molecule has 0 radical (unpaired) electrons. The van der Waals surface area contributed by atoms with E-state index < -0.39 is 59.9 Å². The first-order valence-electron chi connectivity index (χ1n) is 18.2. The summed E-state index contributed by atoms with van der Waals surface area (Å²) in [6, 6.07) is 23.4. The maximum atomic E-state index is 13.8. The summed E-state index contributed by atoms with van der Waals surface area (Å²) < 4.78 is 5.36. The van der Waals surface area contributed by atoms with Crippen molar-refractivity contribution in [3.63, 3.8) is 0 Å². The number of imidazole rings is 1. The van der Waals surface area contributed by atoms with Crippen molar-refractivity contribution in [2.75, 3.05) is 0 Å². The number of ether oxygens (including phenoxy) is 1. The van der Waals surface area contributed by atoms with Crippen molar-refractivity contribution in [3.05, 3.63) is 132 Å². The fraction of sp³-hybridized carbons (Fsp3) is 0.366. The summed E-state index contributed by atoms with van der Waals surface area (Å²) in [7, 11) is 0. The van der Waals surface area contributed by atoms with Gasteiger partial charge in [0.05, 0.1) is 6.33 Å². The van der Waals surface area contributed by atoms with E-state index in [0.717, 1.165) is 16.7 Å². The highest BCUT2D eigenvalue weighted by Crippen LogP contribution is 2.11. The molecule has 4 atom stereocenters. The second-order valence-corrected chi connectivity index (χ2v) is 13.7. The van der Waals surface area contributed by atoms with E-state index in [-0.39, 0.29) is 31.8 Å². The second-order valence-electron chi connectivity index (χ2n) is 13.7. The van der Waals surface area contributed by atoms with E-state index in [1.807, 2.05) is 80.6 Å². The van der Waals surface area contributed by atoms with Gasteiger partial charge >= 0.3 is 12.1 Å². The van der Waals surface area contributed by atoms with Gasteiger partial charge in [0, 0.05) is 24.7 Å². The number of aromatic amines is 1. The number of rotatable bonds is 18. The van der Waals surface area contributed by atoms with Crippen molar-refractivity contribution in [3.8, 4) is 0 Å². The Morgan fingerprint density at radius 1 is 0.691 bits per heavy atom. The molecule has 3 aromatic carbocycles. The van der Waals surface area contributed by atoms with Crippen LogP contribution in [0.1, 0.15) is 56.5 Å². The summed E-state index contributed by atoms with van der Waals surface area (Å²) in [4.78, 5) is 72.2. The van der Waals surface area contributed by atoms with Crippen LogP contribution in [-0.4, -0.2) is 69.0 Å². The minimum Gasteiger partial charge on any atom is -0.674 e. The average molecular weight is 755 g/mol. The highest BCUT2D eigenvalue weighted by atomic mass is 16.5. The van der Waals surface area contributed by atoms with Crippen LogP contribution >= 0.6 is 0 Å². The third kappa shape index (κ3) is 15.9. The molecule has 14 nitrogen and oxygen atoms in total. The van der Waals surface area contributed by atoms with E-state index in [9.17, 15) is 29.1 Å². The van der Waals surface area contributed by atoms with Crippen LogP contribution in [0.15, 0.2) is 104 Å². The molecular weight excluding hydrogens is 702 g/mol. The molecule has 0 saturated heterocycles. The van der Waals surface area contributed by atoms with Crippen molar-refractivity contribution in [2.45, 2.75) is 84.3 Å². The molecule has 0 aliphatic rings. The first-order valence-corrected chi connectivity index (χ1v) is 18.2. The Labute approximate surface area is 322 Å². The highest BCUT2D eigenvalue weighted by molar-refractivity contribution is 5.95. The van der Waals surface area contributed by atoms with Crippen LogP contribution in [0.5, 0.6) is 0 Å². The molecule has 0 aliphatic carbocycles. The lowest BCUT2D eigenvalue weighted by Gasteiger charge is -2.27. The number of nitrogens with one attached hydrogen (secondary N) is 6. The van der Waals surface area contributed by atoms with Crippen molar-refractivity contribution >= 4 is 29.8 Å². The maximum Gasteiger partial charge on any atom is 0.408 e. The van der Waals surface area contributed by atoms with Gasteiger partial charge in [-0.15, -0.1) is 6.54 Å². The Balaban J connectivity index is 0.000000897. The Morgan fingerprint density at radius 3 is 1.67 bits per heavy atom. The topological polar surface area (TPSA) is 215 Å². The van der Waals surface area contributed by atoms with E-state index >= 15 is 0 Å². The van der Waals surface area contributed by atoms with Crippen LogP contribution in [0.4, 0.5) is 4.79 Å². The van der Waals surface area contributed by atoms with Gasteiger partial charge in [0.15, 0.2) is 0 Å². The van der Waals surface area contributed by atoms with Gasteiger partial charge in [-0.1, -0.05) is 124 Å². The largest absolute Gasteiger partial charge is 0.674 e. The van der Waals surface area contributed by atoms with Gasteiger partial charge in [0.25, 0.3) is 0 Å². The molecule has 4 amide bonds. The number of hydrogen-bond donors (Lipinski definition) is 6. The van der Waals surface area contributed by atoms with Crippen LogP contribution in [0.25, 0.3) is 5.73 Å². The average Bonchev–Trinajstić information content (AvgIpc) is 3.69. The van der Waals surface area contributed by atoms with Gasteiger partial charge in [0.1, 0.15) is 30.8 Å². The first-order chi connectivity index (χ1) is 26.4. The quantitative estimate of drug-likeness (QED) is 0.0814. The number of carbonyl (C=O) groups is 5. The zero-order valence-electron chi connectivity index (χ0n) is 31.7. The monoisotopic (exact) mass is 754 g/mol. The summed E-state index contributed by atoms with van der Waals surface area (Å²) in [5.74, 6) is -3.59. The molecule has 4 rings (SSSR count). The molecule has 55 heavy (non-hydrogen) atoms. The van der Waals surface area contributed by atoms with Gasteiger partial charge in [-0.2, -0.15) is 0 Å². The maximum absolute atomic E-state index is 13.8. The number of alkyl carbamates (subject to hydrolysis) is 1. The normalized spacial score (nSPS) is 12.9. The van der Waals surface area contributed by atoms with Crippen LogP contribution in [-0.2, 0) is 49.9 Å². The van der Waals surface area contributed by atoms with E-state index in [2.05, 4.69) is 31.2 Å². The lowest BCUT2D eigenvalue weighted by atomic mass is 9.99. The Kier molecular flexibility index (Phi) is 18.1. The lowest BCUT2D eigenvalue weighted by Crippen LogP contribution is -2.59. The number of amides is 4. The lowest BCUT2D eigenvalue weighted by molar-refractivity contribution is -0.143. The zero-order valence-corrected chi connectivity index (χ0v) is 31.7. The second kappa shape index (κ2) is 22.9. The number of hydrogen-bond acceptors (Lipinski definition) is 7. The van der Waals surface area contributed by atoms with Gasteiger partial charge in [-0.05, 0) is 29.4 Å². The van der Waals surface area contributed by atoms with Crippen LogP contribution in [0.2, 0.25) is 0 Å². The highest BCUT2D eigenvalue weighted by Gasteiger charge is 2.33. The summed E-state index contributed by atoms with van der Waals surface area (Å²) in [5, 5.41) is 20.2. The molecule has 0 unspecified atom stereocenters. The molecule has 7 N–H and O–H groups in total. The predicted molar refractivity (Wildman–Crippen MR) is 208 cm³/mol. The molecule has 0 bridgehead atoms. The Hall–Kier alpha value is -6.02. The smallest absolute Gasteiger partial charge is 0.408 e. The first kappa shape index (κ1) is 43.4. The summed E-state index contributed by atoms with van der Waals surface area (Å²) in [6.07, 6.45) is 2.45. The molecule has 14 heteroatoms. The standard InChI is InChI=1S/C34H44N6O7.C7H8N/c1-21(2)15-26(32(43)40-29(22(3)4)33(44)45)37-31(42)28(17-25-18-35-20-36-25)38-30(41)27(16-23-11-7-5-8-12-23)39-34(46)47-19-24-13-9-6-10-14-24;8-6-7-4-2-1-3-5-7/h5-14,18,20-22,26-29H,15-17,19H2,1-4H3,(H,35,36)(H,37,42)(H,38,41)(H,39,46)(H,40,43)(H,44,45);1-5,8H,6H2/q;-1/t26-,27-,28-,29-;/m0./s1. The zero-order chi connectivity index (χ0) is 40.2. The predicted octanol–water partition coefficient (Wildman–Crippen LogP) is 4.97. The number of aliphatic carboxylic acids is 1. The minimum atomic E-state index is -1.19. The SMILES string of the molecule is CC(C)C[C@H](NC(=O)[C@H](Cc1cnc[nH]1)NC(=O)[C@H](Cc1ccccc1)NC(=O)OCc1ccccc1)C(=O)N[C@H](C(=O)O)C(C)C.[NH-]Cc1ccccc1. The minimum absolute atomic E-state index is 0.00392. The molecule has 0 aliphatic heterocycles. The molecule has 1 aromatic heterocycles. The third-order valence-corrected chi connectivity index (χ3v) is 8.33. The number of carbonyl (C=O) groups excluding carboxylic acids is 4. The fourth-order valence-corrected chi connectivity index (χ4v) is 5.40. The van der Waals surface area contributed by atoms with Crippen LogP contribution in [0.3, 0.4) is 0 Å². The van der Waals surface area contributed by atoms with Gasteiger partial charge in [-0.3, -0.25) is 14.4 Å². The molecule has 4 aromatic rings. The van der Waals surface area contributed by atoms with Gasteiger partial charge in [0.2, 0.25) is 17.7 Å². The Morgan fingerprint density at radius 2 is 1.20 bits per heavy atom. The van der Waals surface area contributed by atoms with E-state index in [0.29, 0.717) is 12.2 Å². The molecular formula is C41H52N7O7-. The van der Waals surface area contributed by atoms with Crippen molar-refractivity contribution in [1.82, 2.24) is 31.2 Å². The van der Waals surface area contributed by atoms with E-state index in [1.165, 1.54) is 12.5 Å². The van der Waals surface area contributed by atoms with Crippen molar-refractivity contribution < 1.29 is 33.8 Å². The number of aromatic nitrogens is 2. The number of carboxylic acids is 1. The van der Waals surface area contributed by atoms with Crippen molar-refractivity contribution in [1.29, 1.82) is 0 Å². The molecule has 0 saturated carbocycles. The molecule has 294 valence electrons. The van der Waals surface area contributed by atoms with Crippen LogP contribution < -0.4 is 21.3 Å². The van der Waals surface area contributed by atoms with Crippen LogP contribution in [0, 0.1) is 11.8 Å². The number of H-pyrrole nitrogens is 1. The summed E-state index contributed by atoms with van der Waals surface area (Å²) in [5.41, 5.74) is 10.1. The fourth-order valence-electron chi connectivity index (χ4n) is 5.40. The molecule has 0 fully saturated rings. The van der Waals surface area contributed by atoms with E-state index in [1.54, 1.807) is 38.1 Å². The number of benzene rings is 3.